The van der Waals surface area contributed by atoms with E-state index in [2.05, 4.69) is 21.5 Å². The third kappa shape index (κ3) is 5.77. The van der Waals surface area contributed by atoms with E-state index in [-0.39, 0.29) is 0 Å². The lowest BCUT2D eigenvalue weighted by Gasteiger charge is -2.08. The number of unbranched alkanes of at least 4 members (excludes halogenated alkanes) is 3. The minimum absolute atomic E-state index is 0.332. The number of aryl methyl sites for hydroxylation is 1. The molecule has 1 aromatic heterocycles. The van der Waals surface area contributed by atoms with Crippen LogP contribution in [0.1, 0.15) is 31.2 Å². The van der Waals surface area contributed by atoms with Crippen LogP contribution >= 0.6 is 11.8 Å². The summed E-state index contributed by atoms with van der Waals surface area (Å²) in [6.07, 6.45) is 8.99. The third-order valence-electron chi connectivity index (χ3n) is 2.56. The molecule has 96 valence electrons. The van der Waals surface area contributed by atoms with Gasteiger partial charge in [0.15, 0.2) is 0 Å². The van der Waals surface area contributed by atoms with Gasteiger partial charge in [0.2, 0.25) is 5.95 Å². The van der Waals surface area contributed by atoms with Crippen molar-refractivity contribution in [2.24, 2.45) is 0 Å². The van der Waals surface area contributed by atoms with Gasteiger partial charge in [-0.25, -0.2) is 4.98 Å². The molecule has 17 heavy (non-hydrogen) atoms. The number of nitrogens with zero attached hydrogens (tertiary/aromatic N) is 2. The molecule has 5 heteroatoms. The number of nitrogen functional groups attached to an aromatic ring is 1. The van der Waals surface area contributed by atoms with E-state index >= 15 is 0 Å². The molecule has 3 N–H and O–H groups in total. The van der Waals surface area contributed by atoms with Gasteiger partial charge in [0.25, 0.3) is 0 Å². The van der Waals surface area contributed by atoms with Crippen LogP contribution in [-0.2, 0) is 0 Å². The molecular weight excluding hydrogens is 232 g/mol. The van der Waals surface area contributed by atoms with Crippen LogP contribution in [0.2, 0.25) is 0 Å². The summed E-state index contributed by atoms with van der Waals surface area (Å²) in [6, 6.07) is 0. The molecule has 0 radical (unpaired) electrons. The number of anilines is 2. The Morgan fingerprint density at radius 1 is 1.29 bits per heavy atom. The van der Waals surface area contributed by atoms with Crippen molar-refractivity contribution in [1.82, 2.24) is 9.97 Å². The Kier molecular flexibility index (Phi) is 6.77. The molecular formula is C12H22N4S. The van der Waals surface area contributed by atoms with Crippen molar-refractivity contribution in [1.29, 1.82) is 0 Å². The van der Waals surface area contributed by atoms with Gasteiger partial charge in [-0.3, -0.25) is 0 Å². The van der Waals surface area contributed by atoms with Gasteiger partial charge in [0, 0.05) is 18.3 Å². The zero-order chi connectivity index (χ0) is 12.5. The van der Waals surface area contributed by atoms with Crippen LogP contribution in [-0.4, -0.2) is 28.5 Å². The summed E-state index contributed by atoms with van der Waals surface area (Å²) < 4.78 is 0. The fourth-order valence-corrected chi connectivity index (χ4v) is 2.06. The monoisotopic (exact) mass is 254 g/mol. The quantitative estimate of drug-likeness (QED) is 0.698. The van der Waals surface area contributed by atoms with Gasteiger partial charge in [-0.1, -0.05) is 12.8 Å². The normalized spacial score (nSPS) is 10.5. The summed E-state index contributed by atoms with van der Waals surface area (Å²) in [5.74, 6) is 2.47. The largest absolute Gasteiger partial charge is 0.370 e. The standard InChI is InChI=1S/C12H22N4S/c1-10-9-15-12(13)16-11(10)14-7-5-3-4-6-8-17-2/h9H,3-8H2,1-2H3,(H3,13,14,15,16). The SMILES string of the molecule is CSCCCCCCNc1nc(N)ncc1C. The van der Waals surface area contributed by atoms with Crippen molar-refractivity contribution < 1.29 is 0 Å². The lowest BCUT2D eigenvalue weighted by molar-refractivity contribution is 0.688. The summed E-state index contributed by atoms with van der Waals surface area (Å²) >= 11 is 1.92. The Bertz CT molecular complexity index is 330. The first-order valence-corrected chi connectivity index (χ1v) is 7.45. The van der Waals surface area contributed by atoms with Gasteiger partial charge in [-0.05, 0) is 31.8 Å². The zero-order valence-corrected chi connectivity index (χ0v) is 11.5. The molecule has 4 nitrogen and oxygen atoms in total. The van der Waals surface area contributed by atoms with E-state index in [9.17, 15) is 0 Å². The highest BCUT2D eigenvalue weighted by Gasteiger charge is 2.00. The molecule has 0 fully saturated rings. The molecule has 0 aliphatic carbocycles. The number of aromatic nitrogens is 2. The topological polar surface area (TPSA) is 63.8 Å². The number of thioether (sulfide) groups is 1. The molecule has 0 amide bonds. The predicted octanol–water partition coefficient (Wildman–Crippen LogP) is 2.70. The molecule has 0 bridgehead atoms. The van der Waals surface area contributed by atoms with E-state index in [1.165, 1.54) is 31.4 Å². The first-order chi connectivity index (χ1) is 8.24. The molecule has 0 saturated heterocycles. The van der Waals surface area contributed by atoms with Crippen molar-refractivity contribution in [2.45, 2.75) is 32.6 Å². The molecule has 0 unspecified atom stereocenters. The van der Waals surface area contributed by atoms with Crippen LogP contribution in [0.4, 0.5) is 11.8 Å². The van der Waals surface area contributed by atoms with E-state index in [1.54, 1.807) is 6.20 Å². The van der Waals surface area contributed by atoms with E-state index < -0.39 is 0 Å². The minimum atomic E-state index is 0.332. The third-order valence-corrected chi connectivity index (χ3v) is 3.25. The smallest absolute Gasteiger partial charge is 0.221 e. The molecule has 1 aromatic rings. The highest BCUT2D eigenvalue weighted by molar-refractivity contribution is 7.98. The van der Waals surface area contributed by atoms with Crippen molar-refractivity contribution in [3.8, 4) is 0 Å². The van der Waals surface area contributed by atoms with Gasteiger partial charge in [0.1, 0.15) is 5.82 Å². The van der Waals surface area contributed by atoms with Crippen LogP contribution in [0.3, 0.4) is 0 Å². The Morgan fingerprint density at radius 3 is 2.82 bits per heavy atom. The molecule has 0 aromatic carbocycles. The van der Waals surface area contributed by atoms with Gasteiger partial charge >= 0.3 is 0 Å². The molecule has 0 atom stereocenters. The van der Waals surface area contributed by atoms with Crippen molar-refractivity contribution >= 4 is 23.5 Å². The number of hydrogen-bond donors (Lipinski definition) is 2. The first kappa shape index (κ1) is 14.1. The van der Waals surface area contributed by atoms with Crippen molar-refractivity contribution in [2.75, 3.05) is 29.6 Å². The number of hydrogen-bond acceptors (Lipinski definition) is 5. The highest BCUT2D eigenvalue weighted by atomic mass is 32.2. The van der Waals surface area contributed by atoms with Gasteiger partial charge in [0.05, 0.1) is 0 Å². The van der Waals surface area contributed by atoms with E-state index in [1.807, 2.05) is 18.7 Å². The van der Waals surface area contributed by atoms with Crippen LogP contribution < -0.4 is 11.1 Å². The maximum atomic E-state index is 5.55. The summed E-state index contributed by atoms with van der Waals surface area (Å²) in [4.78, 5) is 8.11. The number of rotatable bonds is 8. The van der Waals surface area contributed by atoms with Crippen LogP contribution in [0, 0.1) is 6.92 Å². The maximum absolute atomic E-state index is 5.55. The Balaban J connectivity index is 2.15. The summed E-state index contributed by atoms with van der Waals surface area (Å²) in [5, 5.41) is 3.31. The average molecular weight is 254 g/mol. The van der Waals surface area contributed by atoms with Crippen molar-refractivity contribution in [3.05, 3.63) is 11.8 Å². The fourth-order valence-electron chi connectivity index (χ4n) is 1.57. The van der Waals surface area contributed by atoms with Gasteiger partial charge in [-0.15, -0.1) is 0 Å². The Labute approximate surface area is 108 Å². The second-order valence-electron chi connectivity index (χ2n) is 4.09. The van der Waals surface area contributed by atoms with Crippen molar-refractivity contribution in [3.63, 3.8) is 0 Å². The maximum Gasteiger partial charge on any atom is 0.221 e. The van der Waals surface area contributed by atoms with Gasteiger partial charge in [-0.2, -0.15) is 16.7 Å². The van der Waals surface area contributed by atoms with E-state index in [0.29, 0.717) is 5.95 Å². The lowest BCUT2D eigenvalue weighted by Crippen LogP contribution is -2.07. The number of nitrogens with two attached hydrogens (primary N) is 1. The molecule has 0 aliphatic rings. The second kappa shape index (κ2) is 8.17. The molecule has 0 saturated carbocycles. The Morgan fingerprint density at radius 2 is 2.06 bits per heavy atom. The molecule has 0 aliphatic heterocycles. The zero-order valence-electron chi connectivity index (χ0n) is 10.7. The number of nitrogens with one attached hydrogen (secondary N) is 1. The van der Waals surface area contributed by atoms with Crippen LogP contribution in [0.15, 0.2) is 6.20 Å². The van der Waals surface area contributed by atoms with E-state index in [4.69, 9.17) is 5.73 Å². The van der Waals surface area contributed by atoms with Crippen LogP contribution in [0.5, 0.6) is 0 Å². The molecule has 1 rings (SSSR count). The molecule has 1 heterocycles. The summed E-state index contributed by atoms with van der Waals surface area (Å²) in [5.41, 5.74) is 6.59. The summed E-state index contributed by atoms with van der Waals surface area (Å²) in [6.45, 7) is 2.94. The van der Waals surface area contributed by atoms with Gasteiger partial charge < -0.3 is 11.1 Å². The fraction of sp³-hybridized carbons (Fsp3) is 0.667. The van der Waals surface area contributed by atoms with E-state index in [0.717, 1.165) is 17.9 Å². The van der Waals surface area contributed by atoms with Crippen LogP contribution in [0.25, 0.3) is 0 Å². The lowest BCUT2D eigenvalue weighted by atomic mass is 10.2. The first-order valence-electron chi connectivity index (χ1n) is 6.06. The molecule has 0 spiro atoms. The highest BCUT2D eigenvalue weighted by Crippen LogP contribution is 2.11. The second-order valence-corrected chi connectivity index (χ2v) is 5.08. The predicted molar refractivity (Wildman–Crippen MR) is 76.5 cm³/mol. The summed E-state index contributed by atoms with van der Waals surface area (Å²) in [7, 11) is 0. The average Bonchev–Trinajstić information content (AvgIpc) is 2.32. The minimum Gasteiger partial charge on any atom is -0.370 e. The Hall–Kier alpha value is -0.970.